The summed E-state index contributed by atoms with van der Waals surface area (Å²) in [6.07, 6.45) is -4.74. The molecule has 0 amide bonds. The van der Waals surface area contributed by atoms with E-state index in [0.29, 0.717) is 6.07 Å². The molecular formula is C17H16F3N3O3. The van der Waals surface area contributed by atoms with Gasteiger partial charge in [0.25, 0.3) is 5.56 Å². The Morgan fingerprint density at radius 2 is 2.04 bits per heavy atom. The Hall–Kier alpha value is -2.89. The van der Waals surface area contributed by atoms with Gasteiger partial charge in [0.05, 0.1) is 28.8 Å². The van der Waals surface area contributed by atoms with Crippen LogP contribution in [0, 0.1) is 11.3 Å². The number of nitrogens with zero attached hydrogens (tertiary/aromatic N) is 3. The SMILES string of the molecule is CCOC(=O)Cn1nc(C(C)C)c2c(C#N)c(C(F)(F)F)ccc2c1=O. The van der Waals surface area contributed by atoms with E-state index < -0.39 is 35.4 Å². The van der Waals surface area contributed by atoms with Crippen LogP contribution in [0.15, 0.2) is 16.9 Å². The molecule has 9 heteroatoms. The van der Waals surface area contributed by atoms with Gasteiger partial charge in [-0.05, 0) is 25.0 Å². The summed E-state index contributed by atoms with van der Waals surface area (Å²) in [6.45, 7) is 4.59. The largest absolute Gasteiger partial charge is 0.465 e. The van der Waals surface area contributed by atoms with Gasteiger partial charge in [-0.2, -0.15) is 23.5 Å². The zero-order valence-corrected chi connectivity index (χ0v) is 14.3. The number of hydrogen-bond donors (Lipinski definition) is 0. The fraction of sp³-hybridized carbons (Fsp3) is 0.412. The van der Waals surface area contributed by atoms with Crippen LogP contribution in [0.1, 0.15) is 43.5 Å². The lowest BCUT2D eigenvalue weighted by Gasteiger charge is -2.16. The first kappa shape index (κ1) is 19.4. The van der Waals surface area contributed by atoms with Gasteiger partial charge in [-0.15, -0.1) is 0 Å². The second-order valence-electron chi connectivity index (χ2n) is 5.83. The Bertz CT molecular complexity index is 956. The number of rotatable bonds is 4. The molecule has 0 aliphatic heterocycles. The Balaban J connectivity index is 2.86. The first-order valence-electron chi connectivity index (χ1n) is 7.82. The van der Waals surface area contributed by atoms with Gasteiger partial charge < -0.3 is 4.74 Å². The van der Waals surface area contributed by atoms with Crippen molar-refractivity contribution in [2.45, 2.75) is 39.4 Å². The van der Waals surface area contributed by atoms with Crippen LogP contribution in [0.5, 0.6) is 0 Å². The lowest BCUT2D eigenvalue weighted by molar-refractivity contribution is -0.144. The van der Waals surface area contributed by atoms with Crippen LogP contribution >= 0.6 is 0 Å². The zero-order chi connectivity index (χ0) is 19.6. The van der Waals surface area contributed by atoms with E-state index >= 15 is 0 Å². The first-order chi connectivity index (χ1) is 12.1. The van der Waals surface area contributed by atoms with Crippen molar-refractivity contribution in [3.05, 3.63) is 39.3 Å². The van der Waals surface area contributed by atoms with E-state index in [2.05, 4.69) is 5.10 Å². The van der Waals surface area contributed by atoms with Crippen molar-refractivity contribution in [1.82, 2.24) is 9.78 Å². The molecule has 0 spiro atoms. The molecule has 1 aromatic heterocycles. The van der Waals surface area contributed by atoms with Gasteiger partial charge in [0, 0.05) is 5.39 Å². The number of fused-ring (bicyclic) bond motifs is 1. The Kier molecular flexibility index (Phi) is 5.35. The second kappa shape index (κ2) is 7.15. The summed E-state index contributed by atoms with van der Waals surface area (Å²) in [5.41, 5.74) is -2.40. The van der Waals surface area contributed by atoms with Gasteiger partial charge in [0.2, 0.25) is 0 Å². The van der Waals surface area contributed by atoms with Crippen LogP contribution in [0.4, 0.5) is 13.2 Å². The average molecular weight is 367 g/mol. The van der Waals surface area contributed by atoms with E-state index in [1.807, 2.05) is 0 Å². The van der Waals surface area contributed by atoms with E-state index in [9.17, 15) is 28.0 Å². The molecule has 26 heavy (non-hydrogen) atoms. The van der Waals surface area contributed by atoms with Crippen LogP contribution in [0.2, 0.25) is 0 Å². The standard InChI is InChI=1S/C17H16F3N3O3/c1-4-26-13(24)8-23-16(25)10-5-6-12(17(18,19)20)11(7-21)14(10)15(22-23)9(2)3/h5-6,9H,4,8H2,1-3H3. The molecule has 138 valence electrons. The molecular weight excluding hydrogens is 351 g/mol. The number of carbonyl (C=O) groups excluding carboxylic acids is 1. The molecule has 6 nitrogen and oxygen atoms in total. The van der Waals surface area contributed by atoms with Crippen molar-refractivity contribution in [3.8, 4) is 6.07 Å². The number of benzene rings is 1. The highest BCUT2D eigenvalue weighted by Gasteiger charge is 2.35. The predicted molar refractivity (Wildman–Crippen MR) is 86.4 cm³/mol. The lowest BCUT2D eigenvalue weighted by atomic mass is 9.95. The maximum atomic E-state index is 13.2. The average Bonchev–Trinajstić information content (AvgIpc) is 2.55. The topological polar surface area (TPSA) is 85.0 Å². The van der Waals surface area contributed by atoms with Crippen molar-refractivity contribution >= 4 is 16.7 Å². The monoisotopic (exact) mass is 367 g/mol. The normalized spacial score (nSPS) is 11.6. The highest BCUT2D eigenvalue weighted by atomic mass is 19.4. The molecule has 0 saturated heterocycles. The van der Waals surface area contributed by atoms with Gasteiger partial charge in [0.15, 0.2) is 0 Å². The van der Waals surface area contributed by atoms with Crippen LogP contribution in [-0.2, 0) is 22.3 Å². The summed E-state index contributed by atoms with van der Waals surface area (Å²) in [4.78, 5) is 24.2. The van der Waals surface area contributed by atoms with Crippen LogP contribution in [0.3, 0.4) is 0 Å². The summed E-state index contributed by atoms with van der Waals surface area (Å²) >= 11 is 0. The van der Waals surface area contributed by atoms with E-state index in [0.717, 1.165) is 10.7 Å². The fourth-order valence-corrected chi connectivity index (χ4v) is 2.60. The minimum absolute atomic E-state index is 0.0995. The van der Waals surface area contributed by atoms with Crippen molar-refractivity contribution in [1.29, 1.82) is 5.26 Å². The van der Waals surface area contributed by atoms with Crippen molar-refractivity contribution < 1.29 is 22.7 Å². The molecule has 0 N–H and O–H groups in total. The minimum atomic E-state index is -4.74. The predicted octanol–water partition coefficient (Wildman–Crippen LogP) is 2.97. The van der Waals surface area contributed by atoms with Crippen LogP contribution < -0.4 is 5.56 Å². The molecule has 2 rings (SSSR count). The molecule has 0 unspecified atom stereocenters. The lowest BCUT2D eigenvalue weighted by Crippen LogP contribution is -2.29. The molecule has 0 aliphatic rings. The molecule has 1 aromatic carbocycles. The number of alkyl halides is 3. The highest BCUT2D eigenvalue weighted by Crippen LogP contribution is 2.36. The number of halogens is 3. The van der Waals surface area contributed by atoms with Gasteiger partial charge >= 0.3 is 12.1 Å². The zero-order valence-electron chi connectivity index (χ0n) is 14.3. The molecule has 0 bridgehead atoms. The summed E-state index contributed by atoms with van der Waals surface area (Å²) in [5, 5.41) is 13.1. The molecule has 0 aliphatic carbocycles. The number of carbonyl (C=O) groups is 1. The van der Waals surface area contributed by atoms with Gasteiger partial charge in [0.1, 0.15) is 12.6 Å². The van der Waals surface area contributed by atoms with E-state index in [1.165, 1.54) is 0 Å². The maximum absolute atomic E-state index is 13.2. The van der Waals surface area contributed by atoms with Crippen molar-refractivity contribution in [2.24, 2.45) is 0 Å². The van der Waals surface area contributed by atoms with E-state index in [1.54, 1.807) is 26.8 Å². The number of esters is 1. The minimum Gasteiger partial charge on any atom is -0.465 e. The molecule has 0 atom stereocenters. The fourth-order valence-electron chi connectivity index (χ4n) is 2.60. The van der Waals surface area contributed by atoms with Crippen molar-refractivity contribution in [3.63, 3.8) is 0 Å². The van der Waals surface area contributed by atoms with Crippen LogP contribution in [-0.4, -0.2) is 22.4 Å². The summed E-state index contributed by atoms with van der Waals surface area (Å²) in [5.74, 6) is -1.08. The third kappa shape index (κ3) is 3.54. The number of hydrogen-bond acceptors (Lipinski definition) is 5. The third-order valence-corrected chi connectivity index (χ3v) is 3.70. The number of ether oxygens (including phenoxy) is 1. The molecule has 1 heterocycles. The summed E-state index contributed by atoms with van der Waals surface area (Å²) in [7, 11) is 0. The van der Waals surface area contributed by atoms with E-state index in [4.69, 9.17) is 4.74 Å². The van der Waals surface area contributed by atoms with Gasteiger partial charge in [-0.1, -0.05) is 13.8 Å². The molecule has 0 radical (unpaired) electrons. The molecule has 2 aromatic rings. The molecule has 0 saturated carbocycles. The summed E-state index contributed by atoms with van der Waals surface area (Å²) < 4.78 is 45.3. The Labute approximate surface area is 146 Å². The highest BCUT2D eigenvalue weighted by molar-refractivity contribution is 5.91. The molecule has 0 fully saturated rings. The van der Waals surface area contributed by atoms with Gasteiger partial charge in [-0.25, -0.2) is 4.68 Å². The summed E-state index contributed by atoms with van der Waals surface area (Å²) in [6, 6.07) is 3.25. The Morgan fingerprint density at radius 3 is 2.54 bits per heavy atom. The third-order valence-electron chi connectivity index (χ3n) is 3.70. The van der Waals surface area contributed by atoms with Crippen LogP contribution in [0.25, 0.3) is 10.8 Å². The van der Waals surface area contributed by atoms with Crippen molar-refractivity contribution in [2.75, 3.05) is 6.61 Å². The number of nitriles is 1. The van der Waals surface area contributed by atoms with E-state index in [-0.39, 0.29) is 29.0 Å². The quantitative estimate of drug-likeness (QED) is 0.776. The first-order valence-corrected chi connectivity index (χ1v) is 7.82. The smallest absolute Gasteiger partial charge is 0.417 e. The Morgan fingerprint density at radius 1 is 1.38 bits per heavy atom. The second-order valence-corrected chi connectivity index (χ2v) is 5.83. The van der Waals surface area contributed by atoms with Gasteiger partial charge in [-0.3, -0.25) is 9.59 Å². The number of aromatic nitrogens is 2. The maximum Gasteiger partial charge on any atom is 0.417 e.